The Kier molecular flexibility index (Phi) is 4.44. The second kappa shape index (κ2) is 7.19. The van der Waals surface area contributed by atoms with Crippen LogP contribution in [0.15, 0.2) is 77.9 Å². The molecule has 3 aromatic heterocycles. The number of aromatic nitrogens is 3. The molecule has 0 radical (unpaired) electrons. The van der Waals surface area contributed by atoms with Gasteiger partial charge in [0, 0.05) is 34.3 Å². The summed E-state index contributed by atoms with van der Waals surface area (Å²) in [5, 5.41) is 1.32. The Morgan fingerprint density at radius 2 is 1.66 bits per heavy atom. The molecule has 0 unspecified atom stereocenters. The molecule has 0 aliphatic carbocycles. The molecule has 5 nitrogen and oxygen atoms in total. The topological polar surface area (TPSA) is 84.7 Å². The van der Waals surface area contributed by atoms with Crippen LogP contribution < -0.4 is 11.3 Å². The standard InChI is InChI=1S/C24H15F3N4O/c25-24(26,27)17-3-1-2-14(8-17)18-10-16-12-29-20-6-4-13(15-5-7-21(28)30-11-15)9-19(20)22(16)31-23(18)32/h1-12H,(H2,28,30)(H,31,32). The number of nitrogens with two attached hydrogens (primary N) is 1. The third kappa shape index (κ3) is 3.45. The molecule has 0 saturated heterocycles. The third-order valence-electron chi connectivity index (χ3n) is 5.30. The van der Waals surface area contributed by atoms with Crippen molar-refractivity contribution < 1.29 is 13.2 Å². The number of H-pyrrole nitrogens is 1. The molecule has 8 heteroatoms. The number of alkyl halides is 3. The minimum atomic E-state index is -4.50. The number of halogens is 3. The Balaban J connectivity index is 1.69. The summed E-state index contributed by atoms with van der Waals surface area (Å²) in [6, 6.07) is 15.4. The minimum Gasteiger partial charge on any atom is -0.384 e. The van der Waals surface area contributed by atoms with Crippen LogP contribution in [-0.4, -0.2) is 15.0 Å². The lowest BCUT2D eigenvalue weighted by Crippen LogP contribution is -2.10. The maximum absolute atomic E-state index is 13.1. The van der Waals surface area contributed by atoms with Crippen LogP contribution in [0.1, 0.15) is 5.56 Å². The van der Waals surface area contributed by atoms with E-state index in [-0.39, 0.29) is 11.1 Å². The zero-order chi connectivity index (χ0) is 22.5. The normalized spacial score (nSPS) is 11.8. The molecule has 0 saturated carbocycles. The fraction of sp³-hybridized carbons (Fsp3) is 0.0417. The average Bonchev–Trinajstić information content (AvgIpc) is 2.78. The molecular formula is C24H15F3N4O. The molecule has 0 aliphatic heterocycles. The molecule has 158 valence electrons. The molecule has 0 aliphatic rings. The van der Waals surface area contributed by atoms with Crippen LogP contribution in [0.25, 0.3) is 44.1 Å². The summed E-state index contributed by atoms with van der Waals surface area (Å²) in [4.78, 5) is 24.2. The van der Waals surface area contributed by atoms with E-state index in [1.54, 1.807) is 24.5 Å². The lowest BCUT2D eigenvalue weighted by molar-refractivity contribution is -0.137. The zero-order valence-corrected chi connectivity index (χ0v) is 16.4. The lowest BCUT2D eigenvalue weighted by atomic mass is 10.0. The molecule has 0 spiro atoms. The molecule has 5 aromatic rings. The number of rotatable bonds is 2. The number of nitrogen functional groups attached to an aromatic ring is 1. The summed E-state index contributed by atoms with van der Waals surface area (Å²) in [5.41, 5.74) is 7.63. The first kappa shape index (κ1) is 19.7. The van der Waals surface area contributed by atoms with Gasteiger partial charge in [0.1, 0.15) is 5.82 Å². The Labute approximate surface area is 179 Å². The van der Waals surface area contributed by atoms with Crippen molar-refractivity contribution in [1.82, 2.24) is 15.0 Å². The van der Waals surface area contributed by atoms with Crippen molar-refractivity contribution in [2.24, 2.45) is 0 Å². The number of nitrogens with zero attached hydrogens (tertiary/aromatic N) is 2. The number of fused-ring (bicyclic) bond motifs is 3. The van der Waals surface area contributed by atoms with E-state index in [1.165, 1.54) is 12.1 Å². The van der Waals surface area contributed by atoms with Crippen molar-refractivity contribution in [3.8, 4) is 22.3 Å². The summed E-state index contributed by atoms with van der Waals surface area (Å²) in [5.74, 6) is 0.410. The number of anilines is 1. The van der Waals surface area contributed by atoms with Gasteiger partial charge in [0.25, 0.3) is 5.56 Å². The van der Waals surface area contributed by atoms with Crippen LogP contribution in [0.5, 0.6) is 0 Å². The maximum Gasteiger partial charge on any atom is 0.416 e. The predicted octanol–water partition coefficient (Wildman–Crippen LogP) is 5.41. The average molecular weight is 432 g/mol. The van der Waals surface area contributed by atoms with E-state index < -0.39 is 17.3 Å². The van der Waals surface area contributed by atoms with Crippen LogP contribution in [-0.2, 0) is 6.18 Å². The van der Waals surface area contributed by atoms with E-state index in [0.717, 1.165) is 23.3 Å². The largest absolute Gasteiger partial charge is 0.416 e. The monoisotopic (exact) mass is 432 g/mol. The Morgan fingerprint density at radius 1 is 0.844 bits per heavy atom. The van der Waals surface area contributed by atoms with E-state index in [2.05, 4.69) is 15.0 Å². The highest BCUT2D eigenvalue weighted by molar-refractivity contribution is 6.05. The first-order valence-corrected chi connectivity index (χ1v) is 9.65. The van der Waals surface area contributed by atoms with Crippen LogP contribution >= 0.6 is 0 Å². The number of hydrogen-bond donors (Lipinski definition) is 2. The van der Waals surface area contributed by atoms with Gasteiger partial charge in [-0.2, -0.15) is 13.2 Å². The van der Waals surface area contributed by atoms with Crippen molar-refractivity contribution in [1.29, 1.82) is 0 Å². The maximum atomic E-state index is 13.1. The van der Waals surface area contributed by atoms with Crippen molar-refractivity contribution in [2.75, 3.05) is 5.73 Å². The number of pyridine rings is 3. The predicted molar refractivity (Wildman–Crippen MR) is 118 cm³/mol. The zero-order valence-electron chi connectivity index (χ0n) is 16.4. The molecule has 3 N–H and O–H groups in total. The van der Waals surface area contributed by atoms with E-state index in [0.29, 0.717) is 27.6 Å². The van der Waals surface area contributed by atoms with Gasteiger partial charge in [0.15, 0.2) is 0 Å². The van der Waals surface area contributed by atoms with Gasteiger partial charge in [-0.3, -0.25) is 9.78 Å². The number of nitrogens with one attached hydrogen (secondary N) is 1. The second-order valence-electron chi connectivity index (χ2n) is 7.38. The summed E-state index contributed by atoms with van der Waals surface area (Å²) in [6.45, 7) is 0. The van der Waals surface area contributed by atoms with Crippen molar-refractivity contribution in [3.05, 3.63) is 89.0 Å². The number of benzene rings is 2. The molecule has 0 bridgehead atoms. The molecular weight excluding hydrogens is 417 g/mol. The molecule has 32 heavy (non-hydrogen) atoms. The van der Waals surface area contributed by atoms with E-state index in [9.17, 15) is 18.0 Å². The highest BCUT2D eigenvalue weighted by atomic mass is 19.4. The summed E-state index contributed by atoms with van der Waals surface area (Å²) >= 11 is 0. The van der Waals surface area contributed by atoms with E-state index in [4.69, 9.17) is 5.73 Å². The number of hydrogen-bond acceptors (Lipinski definition) is 4. The second-order valence-corrected chi connectivity index (χ2v) is 7.38. The highest BCUT2D eigenvalue weighted by Crippen LogP contribution is 2.33. The van der Waals surface area contributed by atoms with Crippen molar-refractivity contribution in [2.45, 2.75) is 6.18 Å². The third-order valence-corrected chi connectivity index (χ3v) is 5.30. The Morgan fingerprint density at radius 3 is 2.41 bits per heavy atom. The van der Waals surface area contributed by atoms with E-state index >= 15 is 0 Å². The van der Waals surface area contributed by atoms with Gasteiger partial charge in [-0.1, -0.05) is 18.2 Å². The molecule has 0 fully saturated rings. The quantitative estimate of drug-likeness (QED) is 0.366. The Hall–Kier alpha value is -4.20. The summed E-state index contributed by atoms with van der Waals surface area (Å²) < 4.78 is 39.3. The van der Waals surface area contributed by atoms with Crippen molar-refractivity contribution >= 4 is 27.6 Å². The van der Waals surface area contributed by atoms with Crippen LogP contribution in [0.3, 0.4) is 0 Å². The smallest absolute Gasteiger partial charge is 0.384 e. The first-order valence-electron chi connectivity index (χ1n) is 9.65. The van der Waals surface area contributed by atoms with Gasteiger partial charge in [0.2, 0.25) is 0 Å². The highest BCUT2D eigenvalue weighted by Gasteiger charge is 2.30. The first-order chi connectivity index (χ1) is 15.3. The fourth-order valence-electron chi connectivity index (χ4n) is 3.69. The van der Waals surface area contributed by atoms with Crippen LogP contribution in [0, 0.1) is 0 Å². The molecule has 3 heterocycles. The van der Waals surface area contributed by atoms with E-state index in [1.807, 2.05) is 24.3 Å². The van der Waals surface area contributed by atoms with Gasteiger partial charge in [-0.25, -0.2) is 4.98 Å². The van der Waals surface area contributed by atoms with Gasteiger partial charge in [-0.05, 0) is 53.6 Å². The van der Waals surface area contributed by atoms with Gasteiger partial charge in [0.05, 0.1) is 16.6 Å². The summed E-state index contributed by atoms with van der Waals surface area (Å²) in [6.07, 6.45) is -1.25. The minimum absolute atomic E-state index is 0.142. The van der Waals surface area contributed by atoms with Gasteiger partial charge in [-0.15, -0.1) is 0 Å². The fourth-order valence-corrected chi connectivity index (χ4v) is 3.69. The SMILES string of the molecule is Nc1ccc(-c2ccc3ncc4cc(-c5cccc(C(F)(F)F)c5)c(=O)[nH]c4c3c2)cn1. The molecule has 5 rings (SSSR count). The van der Waals surface area contributed by atoms with Crippen molar-refractivity contribution in [3.63, 3.8) is 0 Å². The number of aromatic amines is 1. The van der Waals surface area contributed by atoms with Crippen LogP contribution in [0.2, 0.25) is 0 Å². The van der Waals surface area contributed by atoms with Gasteiger partial charge < -0.3 is 10.7 Å². The van der Waals surface area contributed by atoms with Crippen LogP contribution in [0.4, 0.5) is 19.0 Å². The summed E-state index contributed by atoms with van der Waals surface area (Å²) in [7, 11) is 0. The molecule has 0 amide bonds. The molecule has 0 atom stereocenters. The molecule has 2 aromatic carbocycles. The lowest BCUT2D eigenvalue weighted by Gasteiger charge is -2.10. The Bertz CT molecular complexity index is 1540. The van der Waals surface area contributed by atoms with Gasteiger partial charge >= 0.3 is 6.18 Å².